The van der Waals surface area contributed by atoms with Gasteiger partial charge in [-0.25, -0.2) is 0 Å². The third-order valence-electron chi connectivity index (χ3n) is 12.1. The van der Waals surface area contributed by atoms with Crippen LogP contribution in [0.4, 0.5) is 0 Å². The smallest absolute Gasteiger partial charge is 0.249 e. The van der Waals surface area contributed by atoms with Crippen LogP contribution in [0.25, 0.3) is 0 Å². The van der Waals surface area contributed by atoms with Crippen LogP contribution in [-0.4, -0.2) is 57.3 Å². The van der Waals surface area contributed by atoms with Gasteiger partial charge in [0, 0.05) is 0 Å². The number of rotatable bonds is 47. The highest BCUT2D eigenvalue weighted by atomic mass is 16.3. The van der Waals surface area contributed by atoms with E-state index in [2.05, 4.69) is 55.6 Å². The number of aliphatic hydroxyl groups is 4. The predicted molar refractivity (Wildman–Crippen MR) is 256 cm³/mol. The summed E-state index contributed by atoms with van der Waals surface area (Å²) in [4.78, 5) is 12.5. The van der Waals surface area contributed by atoms with E-state index < -0.39 is 36.9 Å². The summed E-state index contributed by atoms with van der Waals surface area (Å²) in [7, 11) is 0. The fraction of sp³-hybridized carbons (Fsp3) is 0.868. The molecule has 0 spiro atoms. The second-order valence-corrected chi connectivity index (χ2v) is 17.8. The number of unbranched alkanes of at least 4 members (excludes halogenated alkanes) is 32. The molecular formula is C53H101NO5. The van der Waals surface area contributed by atoms with E-state index in [9.17, 15) is 25.2 Å². The largest absolute Gasteiger partial charge is 0.394 e. The molecule has 1 amide bonds. The van der Waals surface area contributed by atoms with Crippen molar-refractivity contribution in [3.05, 3.63) is 36.5 Å². The van der Waals surface area contributed by atoms with Crippen molar-refractivity contribution in [1.29, 1.82) is 0 Å². The first kappa shape index (κ1) is 57.5. The Morgan fingerprint density at radius 1 is 0.407 bits per heavy atom. The monoisotopic (exact) mass is 832 g/mol. The summed E-state index contributed by atoms with van der Waals surface area (Å²) in [6, 6.07) is -1.01. The first-order valence-corrected chi connectivity index (χ1v) is 25.9. The highest BCUT2D eigenvalue weighted by molar-refractivity contribution is 5.80. The second kappa shape index (κ2) is 47.6. The molecule has 0 heterocycles. The Balaban J connectivity index is 3.74. The van der Waals surface area contributed by atoms with Crippen molar-refractivity contribution in [2.75, 3.05) is 6.61 Å². The SMILES string of the molecule is CCCCCCCCCCC/C=C\CCCCCCCCC(O)C(=O)NC(CO)C(O)C(O)CCC/C=C/CC/C=C/CCCCCCCCCCCCCCCCC. The van der Waals surface area contributed by atoms with Crippen molar-refractivity contribution in [2.24, 2.45) is 0 Å². The molecule has 0 fully saturated rings. The fourth-order valence-corrected chi connectivity index (χ4v) is 7.95. The van der Waals surface area contributed by atoms with E-state index in [-0.39, 0.29) is 0 Å². The maximum Gasteiger partial charge on any atom is 0.249 e. The molecule has 0 rings (SSSR count). The number of amides is 1. The number of allylic oxidation sites excluding steroid dienone is 6. The number of hydrogen-bond acceptors (Lipinski definition) is 5. The van der Waals surface area contributed by atoms with Gasteiger partial charge >= 0.3 is 0 Å². The third-order valence-corrected chi connectivity index (χ3v) is 12.1. The average Bonchev–Trinajstić information content (AvgIpc) is 3.24. The van der Waals surface area contributed by atoms with Crippen molar-refractivity contribution in [1.82, 2.24) is 5.32 Å². The van der Waals surface area contributed by atoms with Gasteiger partial charge in [0.25, 0.3) is 0 Å². The first-order chi connectivity index (χ1) is 29.0. The second-order valence-electron chi connectivity index (χ2n) is 17.8. The lowest BCUT2D eigenvalue weighted by Gasteiger charge is -2.27. The summed E-state index contributed by atoms with van der Waals surface area (Å²) in [5, 5.41) is 43.8. The zero-order valence-corrected chi connectivity index (χ0v) is 39.3. The van der Waals surface area contributed by atoms with Crippen molar-refractivity contribution in [2.45, 2.75) is 289 Å². The van der Waals surface area contributed by atoms with Crippen LogP contribution < -0.4 is 5.32 Å². The van der Waals surface area contributed by atoms with Gasteiger partial charge in [-0.05, 0) is 77.0 Å². The molecule has 4 unspecified atom stereocenters. The fourth-order valence-electron chi connectivity index (χ4n) is 7.95. The van der Waals surface area contributed by atoms with Crippen molar-refractivity contribution >= 4 is 5.91 Å². The van der Waals surface area contributed by atoms with Gasteiger partial charge in [0.05, 0.1) is 18.8 Å². The van der Waals surface area contributed by atoms with Gasteiger partial charge in [-0.15, -0.1) is 0 Å². The van der Waals surface area contributed by atoms with Crippen molar-refractivity contribution in [3.8, 4) is 0 Å². The Morgan fingerprint density at radius 3 is 1.07 bits per heavy atom. The molecule has 4 atom stereocenters. The molecule has 0 aromatic heterocycles. The summed E-state index contributed by atoms with van der Waals surface area (Å²) in [6.07, 6.45) is 57.7. The van der Waals surface area contributed by atoms with Crippen LogP contribution in [0.2, 0.25) is 0 Å². The average molecular weight is 832 g/mol. The summed E-state index contributed by atoms with van der Waals surface area (Å²) < 4.78 is 0. The molecule has 0 bridgehead atoms. The van der Waals surface area contributed by atoms with Crippen LogP contribution in [0, 0.1) is 0 Å². The highest BCUT2D eigenvalue weighted by Gasteiger charge is 2.28. The van der Waals surface area contributed by atoms with E-state index >= 15 is 0 Å². The molecule has 0 aliphatic heterocycles. The predicted octanol–water partition coefficient (Wildman–Crippen LogP) is 14.5. The maximum atomic E-state index is 12.5. The number of nitrogens with one attached hydrogen (secondary N) is 1. The zero-order valence-electron chi connectivity index (χ0n) is 39.3. The van der Waals surface area contributed by atoms with Crippen molar-refractivity contribution in [3.63, 3.8) is 0 Å². The lowest BCUT2D eigenvalue weighted by molar-refractivity contribution is -0.132. The van der Waals surface area contributed by atoms with E-state index in [1.165, 1.54) is 180 Å². The minimum absolute atomic E-state index is 0.353. The summed E-state index contributed by atoms with van der Waals surface area (Å²) >= 11 is 0. The topological polar surface area (TPSA) is 110 Å². The zero-order chi connectivity index (χ0) is 43.1. The highest BCUT2D eigenvalue weighted by Crippen LogP contribution is 2.16. The Kier molecular flexibility index (Phi) is 46.4. The van der Waals surface area contributed by atoms with Crippen molar-refractivity contribution < 1.29 is 25.2 Å². The molecule has 348 valence electrons. The van der Waals surface area contributed by atoms with E-state index in [0.29, 0.717) is 19.3 Å². The summed E-state index contributed by atoms with van der Waals surface area (Å²) in [6.45, 7) is 4.06. The Bertz CT molecular complexity index is 935. The molecule has 0 saturated carbocycles. The molecule has 0 radical (unpaired) electrons. The molecule has 59 heavy (non-hydrogen) atoms. The van der Waals surface area contributed by atoms with Gasteiger partial charge in [-0.3, -0.25) is 4.79 Å². The number of hydrogen-bond donors (Lipinski definition) is 5. The molecule has 0 saturated heterocycles. The van der Waals surface area contributed by atoms with E-state index in [4.69, 9.17) is 0 Å². The molecule has 0 aromatic carbocycles. The third kappa shape index (κ3) is 41.6. The van der Waals surface area contributed by atoms with Crippen LogP contribution in [0.1, 0.15) is 264 Å². The minimum Gasteiger partial charge on any atom is -0.394 e. The summed E-state index contributed by atoms with van der Waals surface area (Å²) in [5.74, 6) is -0.601. The minimum atomic E-state index is -1.29. The molecule has 5 N–H and O–H groups in total. The van der Waals surface area contributed by atoms with E-state index in [1.807, 2.05) is 0 Å². The summed E-state index contributed by atoms with van der Waals surface area (Å²) in [5.41, 5.74) is 0. The molecule has 0 aliphatic rings. The number of carbonyl (C=O) groups is 1. The van der Waals surface area contributed by atoms with Gasteiger partial charge < -0.3 is 25.7 Å². The number of aliphatic hydroxyl groups excluding tert-OH is 4. The van der Waals surface area contributed by atoms with Gasteiger partial charge in [0.15, 0.2) is 0 Å². The van der Waals surface area contributed by atoms with Crippen LogP contribution in [0.15, 0.2) is 36.5 Å². The standard InChI is InChI=1S/C53H101NO5/c1-3-5-7-9-11-13-15-17-19-21-23-24-25-26-27-29-30-32-34-36-38-40-42-44-46-50(56)52(58)49(48-55)54-53(59)51(57)47-45-43-41-39-37-35-33-31-28-22-20-18-16-14-12-10-8-6-4-2/h28,30-32,38,40,49-52,55-58H,3-27,29,33-37,39,41-48H2,1-2H3,(H,54,59)/b31-28-,32-30+,40-38+. The lowest BCUT2D eigenvalue weighted by Crippen LogP contribution is -2.53. The van der Waals surface area contributed by atoms with Gasteiger partial charge in [-0.2, -0.15) is 0 Å². The Labute approximate surface area is 367 Å². The molecule has 6 heteroatoms. The van der Waals surface area contributed by atoms with Crippen LogP contribution >= 0.6 is 0 Å². The van der Waals surface area contributed by atoms with Crippen LogP contribution in [-0.2, 0) is 4.79 Å². The Morgan fingerprint density at radius 2 is 0.712 bits per heavy atom. The maximum absolute atomic E-state index is 12.5. The molecule has 6 nitrogen and oxygen atoms in total. The Hall–Kier alpha value is -1.47. The van der Waals surface area contributed by atoms with E-state index in [0.717, 1.165) is 51.4 Å². The normalized spacial score (nSPS) is 14.2. The quantitative estimate of drug-likeness (QED) is 0.0310. The molecule has 0 aliphatic carbocycles. The lowest BCUT2D eigenvalue weighted by atomic mass is 10.00. The van der Waals surface area contributed by atoms with Crippen LogP contribution in [0.3, 0.4) is 0 Å². The number of carbonyl (C=O) groups excluding carboxylic acids is 1. The van der Waals surface area contributed by atoms with Gasteiger partial charge in [-0.1, -0.05) is 224 Å². The van der Waals surface area contributed by atoms with Gasteiger partial charge in [0.1, 0.15) is 12.2 Å². The first-order valence-electron chi connectivity index (χ1n) is 25.9. The van der Waals surface area contributed by atoms with Gasteiger partial charge in [0.2, 0.25) is 5.91 Å². The molecule has 0 aromatic rings. The molecular weight excluding hydrogens is 731 g/mol. The van der Waals surface area contributed by atoms with E-state index in [1.54, 1.807) is 0 Å². The van der Waals surface area contributed by atoms with Crippen LogP contribution in [0.5, 0.6) is 0 Å².